The summed E-state index contributed by atoms with van der Waals surface area (Å²) in [6, 6.07) is 21.2. The lowest BCUT2D eigenvalue weighted by Gasteiger charge is -2.27. The molecule has 0 radical (unpaired) electrons. The molecule has 1 aliphatic heterocycles. The number of likely N-dealkylation sites (tertiary alicyclic amines) is 1. The minimum Gasteiger partial charge on any atom is -0.497 e. The predicted molar refractivity (Wildman–Crippen MR) is 139 cm³/mol. The number of methoxy groups -OCH3 is 4. The first-order chi connectivity index (χ1) is 17.6. The summed E-state index contributed by atoms with van der Waals surface area (Å²) in [7, 11) is 6.61. The van der Waals surface area contributed by atoms with Crippen molar-refractivity contribution in [1.82, 2.24) is 10.2 Å². The molecular formula is C29H34N2O5. The topological polar surface area (TPSA) is 69.3 Å². The normalized spacial score (nSPS) is 15.5. The number of ether oxygens (including phenoxy) is 4. The van der Waals surface area contributed by atoms with Crippen molar-refractivity contribution in [2.45, 2.75) is 24.9 Å². The number of benzene rings is 3. The Morgan fingerprint density at radius 3 is 1.92 bits per heavy atom. The van der Waals surface area contributed by atoms with Gasteiger partial charge in [0.25, 0.3) is 0 Å². The Labute approximate surface area is 212 Å². The van der Waals surface area contributed by atoms with Crippen LogP contribution in [0.4, 0.5) is 0 Å². The van der Waals surface area contributed by atoms with Crippen LogP contribution in [-0.4, -0.2) is 52.3 Å². The zero-order valence-corrected chi connectivity index (χ0v) is 21.3. The van der Waals surface area contributed by atoms with Crippen LogP contribution < -0.4 is 24.3 Å². The predicted octanol–water partition coefficient (Wildman–Crippen LogP) is 4.76. The van der Waals surface area contributed by atoms with Gasteiger partial charge in [-0.3, -0.25) is 9.69 Å². The highest BCUT2D eigenvalue weighted by Gasteiger charge is 2.31. The molecule has 1 heterocycles. The third kappa shape index (κ3) is 5.74. The van der Waals surface area contributed by atoms with Crippen molar-refractivity contribution in [2.75, 3.05) is 41.5 Å². The van der Waals surface area contributed by atoms with Gasteiger partial charge in [0, 0.05) is 11.6 Å². The maximum atomic E-state index is 13.4. The summed E-state index contributed by atoms with van der Waals surface area (Å²) in [6.07, 6.45) is 1.97. The Morgan fingerprint density at radius 2 is 1.39 bits per heavy atom. The summed E-state index contributed by atoms with van der Waals surface area (Å²) in [5.74, 6) is 3.08. The van der Waals surface area contributed by atoms with Crippen LogP contribution in [-0.2, 0) is 4.79 Å². The van der Waals surface area contributed by atoms with Crippen LogP contribution in [0.15, 0.2) is 66.7 Å². The van der Waals surface area contributed by atoms with Gasteiger partial charge < -0.3 is 24.3 Å². The van der Waals surface area contributed by atoms with Gasteiger partial charge in [0.2, 0.25) is 5.91 Å². The van der Waals surface area contributed by atoms with Crippen molar-refractivity contribution in [1.29, 1.82) is 0 Å². The molecule has 4 rings (SSSR count). The van der Waals surface area contributed by atoms with Crippen LogP contribution in [0.25, 0.3) is 0 Å². The average molecular weight is 491 g/mol. The van der Waals surface area contributed by atoms with E-state index in [1.54, 1.807) is 28.4 Å². The van der Waals surface area contributed by atoms with E-state index in [9.17, 15) is 4.79 Å². The molecule has 7 nitrogen and oxygen atoms in total. The standard InChI is InChI=1S/C29H34N2O5/c1-33-22-11-7-20(8-12-22)29(21-9-13-23(34-2)14-10-21)30-28(32)19-31-17-5-6-26(31)25-18-24(35-3)15-16-27(25)36-4/h7-16,18,26,29H,5-6,17,19H2,1-4H3,(H,30,32). The molecule has 3 aromatic carbocycles. The molecule has 0 bridgehead atoms. The number of hydrogen-bond acceptors (Lipinski definition) is 6. The van der Waals surface area contributed by atoms with Crippen LogP contribution in [0.2, 0.25) is 0 Å². The van der Waals surface area contributed by atoms with Gasteiger partial charge in [-0.1, -0.05) is 24.3 Å². The zero-order valence-electron chi connectivity index (χ0n) is 21.3. The molecule has 3 aromatic rings. The maximum Gasteiger partial charge on any atom is 0.234 e. The van der Waals surface area contributed by atoms with Crippen LogP contribution in [0.5, 0.6) is 23.0 Å². The van der Waals surface area contributed by atoms with E-state index in [-0.39, 0.29) is 24.5 Å². The second kappa shape index (κ2) is 11.8. The Morgan fingerprint density at radius 1 is 0.833 bits per heavy atom. The van der Waals surface area contributed by atoms with Crippen molar-refractivity contribution in [3.05, 3.63) is 83.4 Å². The molecule has 0 aromatic heterocycles. The van der Waals surface area contributed by atoms with E-state index in [2.05, 4.69) is 10.2 Å². The Hall–Kier alpha value is -3.71. The largest absolute Gasteiger partial charge is 0.497 e. The van der Waals surface area contributed by atoms with E-state index in [1.165, 1.54) is 0 Å². The Balaban J connectivity index is 1.55. The van der Waals surface area contributed by atoms with Crippen LogP contribution in [0, 0.1) is 0 Å². The molecule has 36 heavy (non-hydrogen) atoms. The summed E-state index contributed by atoms with van der Waals surface area (Å²) in [6.45, 7) is 1.13. The van der Waals surface area contributed by atoms with Crippen molar-refractivity contribution < 1.29 is 23.7 Å². The summed E-state index contributed by atoms with van der Waals surface area (Å²) in [5, 5.41) is 3.26. The van der Waals surface area contributed by atoms with E-state index in [1.807, 2.05) is 66.7 Å². The van der Waals surface area contributed by atoms with Gasteiger partial charge in [0.05, 0.1) is 41.0 Å². The van der Waals surface area contributed by atoms with Crippen LogP contribution in [0.1, 0.15) is 41.6 Å². The lowest BCUT2D eigenvalue weighted by atomic mass is 9.98. The fourth-order valence-electron chi connectivity index (χ4n) is 4.81. The first-order valence-electron chi connectivity index (χ1n) is 12.1. The summed E-state index contributed by atoms with van der Waals surface area (Å²) in [4.78, 5) is 15.6. The number of nitrogens with one attached hydrogen (secondary N) is 1. The van der Waals surface area contributed by atoms with E-state index >= 15 is 0 Å². The minimum absolute atomic E-state index is 0.0413. The lowest BCUT2D eigenvalue weighted by Crippen LogP contribution is -2.39. The van der Waals surface area contributed by atoms with Crippen molar-refractivity contribution >= 4 is 5.91 Å². The van der Waals surface area contributed by atoms with Gasteiger partial charge in [-0.05, 0) is 73.0 Å². The van der Waals surface area contributed by atoms with Crippen molar-refractivity contribution in [2.24, 2.45) is 0 Å². The second-order valence-corrected chi connectivity index (χ2v) is 8.78. The maximum absolute atomic E-state index is 13.4. The molecule has 1 aliphatic rings. The van der Waals surface area contributed by atoms with E-state index in [0.717, 1.165) is 59.1 Å². The van der Waals surface area contributed by atoms with Crippen LogP contribution in [0.3, 0.4) is 0 Å². The molecule has 1 saturated heterocycles. The van der Waals surface area contributed by atoms with E-state index in [0.29, 0.717) is 0 Å². The van der Waals surface area contributed by atoms with Gasteiger partial charge in [-0.25, -0.2) is 0 Å². The van der Waals surface area contributed by atoms with E-state index in [4.69, 9.17) is 18.9 Å². The fourth-order valence-corrected chi connectivity index (χ4v) is 4.81. The first kappa shape index (κ1) is 25.4. The minimum atomic E-state index is -0.304. The molecular weight excluding hydrogens is 456 g/mol. The summed E-state index contributed by atoms with van der Waals surface area (Å²) >= 11 is 0. The zero-order chi connectivity index (χ0) is 25.5. The highest BCUT2D eigenvalue weighted by molar-refractivity contribution is 5.79. The molecule has 7 heteroatoms. The monoisotopic (exact) mass is 490 g/mol. The molecule has 0 saturated carbocycles. The van der Waals surface area contributed by atoms with E-state index < -0.39 is 0 Å². The average Bonchev–Trinajstić information content (AvgIpc) is 3.39. The number of nitrogens with zero attached hydrogens (tertiary/aromatic N) is 1. The Kier molecular flexibility index (Phi) is 8.33. The van der Waals surface area contributed by atoms with Gasteiger partial charge >= 0.3 is 0 Å². The van der Waals surface area contributed by atoms with Gasteiger partial charge in [-0.2, -0.15) is 0 Å². The highest BCUT2D eigenvalue weighted by atomic mass is 16.5. The molecule has 1 fully saturated rings. The van der Waals surface area contributed by atoms with Crippen molar-refractivity contribution in [3.8, 4) is 23.0 Å². The third-order valence-corrected chi connectivity index (χ3v) is 6.71. The number of hydrogen-bond donors (Lipinski definition) is 1. The molecule has 0 spiro atoms. The second-order valence-electron chi connectivity index (χ2n) is 8.78. The highest BCUT2D eigenvalue weighted by Crippen LogP contribution is 2.38. The van der Waals surface area contributed by atoms with Gasteiger partial charge in [-0.15, -0.1) is 0 Å². The Bertz CT molecular complexity index is 1100. The smallest absolute Gasteiger partial charge is 0.234 e. The molecule has 0 aliphatic carbocycles. The number of carbonyl (C=O) groups excluding carboxylic acids is 1. The molecule has 190 valence electrons. The number of carbonyl (C=O) groups is 1. The van der Waals surface area contributed by atoms with Gasteiger partial charge in [0.1, 0.15) is 23.0 Å². The number of amides is 1. The van der Waals surface area contributed by atoms with Crippen molar-refractivity contribution in [3.63, 3.8) is 0 Å². The van der Waals surface area contributed by atoms with Gasteiger partial charge in [0.15, 0.2) is 0 Å². The molecule has 1 atom stereocenters. The first-order valence-corrected chi connectivity index (χ1v) is 12.1. The quantitative estimate of drug-likeness (QED) is 0.442. The third-order valence-electron chi connectivity index (χ3n) is 6.71. The summed E-state index contributed by atoms with van der Waals surface area (Å²) < 4.78 is 21.7. The lowest BCUT2D eigenvalue weighted by molar-refractivity contribution is -0.123. The summed E-state index contributed by atoms with van der Waals surface area (Å²) in [5.41, 5.74) is 2.99. The molecule has 1 N–H and O–H groups in total. The molecule has 1 unspecified atom stereocenters. The molecule has 1 amide bonds. The number of rotatable bonds is 10. The van der Waals surface area contributed by atoms with Crippen LogP contribution >= 0.6 is 0 Å². The fraction of sp³-hybridized carbons (Fsp3) is 0.345. The SMILES string of the molecule is COc1ccc(C(NC(=O)CN2CCCC2c2cc(OC)ccc2OC)c2ccc(OC)cc2)cc1.